The van der Waals surface area contributed by atoms with Gasteiger partial charge in [-0.15, -0.1) is 0 Å². The average molecular weight is 263 g/mol. The molecule has 19 heavy (non-hydrogen) atoms. The molecular formula is C15H21NO3. The molecular weight excluding hydrogens is 242 g/mol. The van der Waals surface area contributed by atoms with Gasteiger partial charge in [0.05, 0.1) is 13.0 Å². The zero-order valence-electron chi connectivity index (χ0n) is 11.3. The van der Waals surface area contributed by atoms with Crippen molar-refractivity contribution in [1.82, 2.24) is 4.90 Å². The molecule has 1 aliphatic heterocycles. The van der Waals surface area contributed by atoms with Crippen LogP contribution in [0.15, 0.2) is 24.3 Å². The lowest BCUT2D eigenvalue weighted by Gasteiger charge is -2.38. The van der Waals surface area contributed by atoms with Crippen LogP contribution in [-0.2, 0) is 11.3 Å². The maximum absolute atomic E-state index is 10.6. The van der Waals surface area contributed by atoms with Gasteiger partial charge in [0.1, 0.15) is 5.75 Å². The minimum atomic E-state index is -0.693. The summed E-state index contributed by atoms with van der Waals surface area (Å²) in [4.78, 5) is 12.8. The molecule has 104 valence electrons. The lowest BCUT2D eigenvalue weighted by molar-refractivity contribution is -0.139. The fraction of sp³-hybridized carbons (Fsp3) is 0.533. The third-order valence-electron chi connectivity index (χ3n) is 3.30. The van der Waals surface area contributed by atoms with Crippen LogP contribution in [0.3, 0.4) is 0 Å². The van der Waals surface area contributed by atoms with Crippen molar-refractivity contribution in [3.8, 4) is 5.75 Å². The number of hydrogen-bond donors (Lipinski definition) is 1. The van der Waals surface area contributed by atoms with Crippen LogP contribution in [0.4, 0.5) is 0 Å². The van der Waals surface area contributed by atoms with Crippen LogP contribution >= 0.6 is 0 Å². The third kappa shape index (κ3) is 4.24. The van der Waals surface area contributed by atoms with E-state index in [-0.39, 0.29) is 0 Å². The number of benzene rings is 1. The van der Waals surface area contributed by atoms with Gasteiger partial charge in [0.15, 0.2) is 0 Å². The summed E-state index contributed by atoms with van der Waals surface area (Å²) in [5, 5.41) is 8.69. The summed E-state index contributed by atoms with van der Waals surface area (Å²) < 4.78 is 5.54. The van der Waals surface area contributed by atoms with Crippen LogP contribution in [-0.4, -0.2) is 35.7 Å². The monoisotopic (exact) mass is 263 g/mol. The zero-order valence-corrected chi connectivity index (χ0v) is 11.3. The van der Waals surface area contributed by atoms with Crippen molar-refractivity contribution in [2.45, 2.75) is 26.3 Å². The number of aliphatic carboxylic acids is 1. The van der Waals surface area contributed by atoms with E-state index in [0.29, 0.717) is 12.3 Å². The van der Waals surface area contributed by atoms with E-state index < -0.39 is 5.97 Å². The molecule has 0 unspecified atom stereocenters. The second-order valence-corrected chi connectivity index (χ2v) is 5.15. The molecule has 0 saturated carbocycles. The lowest BCUT2D eigenvalue weighted by atomic mass is 9.96. The van der Waals surface area contributed by atoms with Crippen LogP contribution in [0.1, 0.15) is 25.3 Å². The normalized spacial score (nSPS) is 16.1. The maximum atomic E-state index is 10.6. The van der Waals surface area contributed by atoms with Crippen molar-refractivity contribution < 1.29 is 14.6 Å². The second kappa shape index (κ2) is 6.57. The molecule has 2 rings (SSSR count). The van der Waals surface area contributed by atoms with E-state index in [1.165, 1.54) is 5.56 Å². The van der Waals surface area contributed by atoms with Crippen LogP contribution in [0.25, 0.3) is 0 Å². The molecule has 0 bridgehead atoms. The molecule has 0 atom stereocenters. The summed E-state index contributed by atoms with van der Waals surface area (Å²) >= 11 is 0. The fourth-order valence-electron chi connectivity index (χ4n) is 2.35. The molecule has 1 saturated heterocycles. The maximum Gasteiger partial charge on any atom is 0.303 e. The summed E-state index contributed by atoms with van der Waals surface area (Å²) in [5.74, 6) is 0.546. The smallest absolute Gasteiger partial charge is 0.303 e. The highest BCUT2D eigenvalue weighted by atomic mass is 16.5. The predicted octanol–water partition coefficient (Wildman–Crippen LogP) is 2.38. The highest BCUT2D eigenvalue weighted by Crippen LogP contribution is 2.22. The highest BCUT2D eigenvalue weighted by Gasteiger charge is 2.28. The van der Waals surface area contributed by atoms with Gasteiger partial charge in [0.25, 0.3) is 0 Å². The van der Waals surface area contributed by atoms with Crippen molar-refractivity contribution in [2.75, 3.05) is 19.7 Å². The van der Waals surface area contributed by atoms with Gasteiger partial charge < -0.3 is 9.84 Å². The molecule has 1 aromatic rings. The van der Waals surface area contributed by atoms with Crippen molar-refractivity contribution >= 4 is 5.97 Å². The first-order valence-corrected chi connectivity index (χ1v) is 6.83. The number of ether oxygens (including phenoxy) is 1. The van der Waals surface area contributed by atoms with Gasteiger partial charge in [-0.25, -0.2) is 0 Å². The summed E-state index contributed by atoms with van der Waals surface area (Å²) in [6, 6.07) is 8.16. The molecule has 4 nitrogen and oxygen atoms in total. The average Bonchev–Trinajstić information content (AvgIpc) is 2.35. The molecule has 1 N–H and O–H groups in total. The summed E-state index contributed by atoms with van der Waals surface area (Å²) in [6.07, 6.45) is 1.31. The summed E-state index contributed by atoms with van der Waals surface area (Å²) in [5.41, 5.74) is 1.25. The van der Waals surface area contributed by atoms with Crippen LogP contribution in [0.2, 0.25) is 0 Å². The Balaban J connectivity index is 1.74. The number of hydrogen-bond acceptors (Lipinski definition) is 3. The first kappa shape index (κ1) is 13.9. The zero-order chi connectivity index (χ0) is 13.7. The first-order chi connectivity index (χ1) is 9.17. The molecule has 1 aromatic carbocycles. The van der Waals surface area contributed by atoms with Crippen molar-refractivity contribution in [2.24, 2.45) is 5.92 Å². The number of carboxylic acids is 1. The molecule has 0 aliphatic carbocycles. The third-order valence-corrected chi connectivity index (χ3v) is 3.30. The molecule has 0 amide bonds. The minimum absolute atomic E-state index is 0.292. The van der Waals surface area contributed by atoms with Crippen molar-refractivity contribution in [3.05, 3.63) is 29.8 Å². The molecule has 1 heterocycles. The van der Waals surface area contributed by atoms with E-state index in [1.807, 2.05) is 12.1 Å². The van der Waals surface area contributed by atoms with Gasteiger partial charge in [-0.2, -0.15) is 0 Å². The van der Waals surface area contributed by atoms with E-state index in [2.05, 4.69) is 24.0 Å². The molecule has 0 spiro atoms. The molecule has 1 aliphatic rings. The van der Waals surface area contributed by atoms with Gasteiger partial charge in [0.2, 0.25) is 0 Å². The summed E-state index contributed by atoms with van der Waals surface area (Å²) in [6.45, 7) is 5.51. The number of carbonyl (C=O) groups is 1. The van der Waals surface area contributed by atoms with Gasteiger partial charge in [-0.1, -0.05) is 19.1 Å². The highest BCUT2D eigenvalue weighted by molar-refractivity contribution is 5.67. The van der Waals surface area contributed by atoms with Crippen molar-refractivity contribution in [1.29, 1.82) is 0 Å². The SMILES string of the molecule is CCCOc1ccc(CN2CC(CC(=O)O)C2)cc1. The largest absolute Gasteiger partial charge is 0.494 e. The molecule has 0 aromatic heterocycles. The fourth-order valence-corrected chi connectivity index (χ4v) is 2.35. The topological polar surface area (TPSA) is 49.8 Å². The second-order valence-electron chi connectivity index (χ2n) is 5.15. The molecule has 0 radical (unpaired) electrons. The van der Waals surface area contributed by atoms with E-state index in [0.717, 1.165) is 38.4 Å². The van der Waals surface area contributed by atoms with Crippen LogP contribution in [0.5, 0.6) is 5.75 Å². The minimum Gasteiger partial charge on any atom is -0.494 e. The first-order valence-electron chi connectivity index (χ1n) is 6.83. The van der Waals surface area contributed by atoms with E-state index in [4.69, 9.17) is 9.84 Å². The number of nitrogens with zero attached hydrogens (tertiary/aromatic N) is 1. The Morgan fingerprint density at radius 1 is 1.37 bits per heavy atom. The van der Waals surface area contributed by atoms with E-state index in [1.54, 1.807) is 0 Å². The Morgan fingerprint density at radius 3 is 2.63 bits per heavy atom. The van der Waals surface area contributed by atoms with E-state index in [9.17, 15) is 4.79 Å². The van der Waals surface area contributed by atoms with E-state index >= 15 is 0 Å². The van der Waals surface area contributed by atoms with Gasteiger partial charge in [0, 0.05) is 19.6 Å². The van der Waals surface area contributed by atoms with Gasteiger partial charge in [-0.3, -0.25) is 9.69 Å². The standard InChI is InChI=1S/C15H21NO3/c1-2-7-19-14-5-3-12(4-6-14)9-16-10-13(11-16)8-15(17)18/h3-6,13H,2,7-11H2,1H3,(H,17,18). The molecule has 4 heteroatoms. The number of likely N-dealkylation sites (tertiary alicyclic amines) is 1. The predicted molar refractivity (Wildman–Crippen MR) is 73.2 cm³/mol. The van der Waals surface area contributed by atoms with Crippen LogP contribution < -0.4 is 4.74 Å². The van der Waals surface area contributed by atoms with Crippen molar-refractivity contribution in [3.63, 3.8) is 0 Å². The van der Waals surface area contributed by atoms with Crippen LogP contribution in [0, 0.1) is 5.92 Å². The summed E-state index contributed by atoms with van der Waals surface area (Å²) in [7, 11) is 0. The molecule has 1 fully saturated rings. The lowest BCUT2D eigenvalue weighted by Crippen LogP contribution is -2.46. The Morgan fingerprint density at radius 2 is 2.05 bits per heavy atom. The van der Waals surface area contributed by atoms with Gasteiger partial charge >= 0.3 is 5.97 Å². The Bertz CT molecular complexity index is 410. The van der Waals surface area contributed by atoms with Gasteiger partial charge in [-0.05, 0) is 30.0 Å². The Hall–Kier alpha value is -1.55. The number of carboxylic acid groups (broad SMARTS) is 1. The number of rotatable bonds is 7. The Kier molecular flexibility index (Phi) is 4.80. The quantitative estimate of drug-likeness (QED) is 0.820. The Labute approximate surface area is 114 Å².